The minimum atomic E-state index is -4.56. The van der Waals surface area contributed by atoms with Crippen LogP contribution in [0.1, 0.15) is 47.6 Å². The molecule has 0 radical (unpaired) electrons. The summed E-state index contributed by atoms with van der Waals surface area (Å²) in [6, 6.07) is 28.2. The molecule has 2 aromatic heterocycles. The fourth-order valence-electron chi connectivity index (χ4n) is 7.80. The lowest BCUT2D eigenvalue weighted by Gasteiger charge is -2.29. The molecular weight excluding hydrogens is 778 g/mol. The van der Waals surface area contributed by atoms with E-state index in [2.05, 4.69) is 55.1 Å². The molecule has 1 atom stereocenters. The van der Waals surface area contributed by atoms with E-state index < -0.39 is 31.4 Å². The van der Waals surface area contributed by atoms with Gasteiger partial charge >= 0.3 is 0 Å². The van der Waals surface area contributed by atoms with Crippen LogP contribution in [0.3, 0.4) is 0 Å². The second-order valence-corrected chi connectivity index (χ2v) is 16.9. The van der Waals surface area contributed by atoms with Crippen molar-refractivity contribution >= 4 is 55.6 Å². The molecule has 58 heavy (non-hydrogen) atoms. The topological polar surface area (TPSA) is 163 Å². The van der Waals surface area contributed by atoms with Crippen molar-refractivity contribution < 1.29 is 22.9 Å². The molecular formula is C43H42ClN7O6S. The highest BCUT2D eigenvalue weighted by Gasteiger charge is 2.29. The number of ether oxygens (including phenoxy) is 1. The lowest BCUT2D eigenvalue weighted by Crippen LogP contribution is -2.33. The number of nitrogens with zero attached hydrogens (tertiary/aromatic N) is 4. The number of hydrogen-bond donors (Lipinski definition) is 3. The number of amides is 1. The van der Waals surface area contributed by atoms with E-state index in [4.69, 9.17) is 16.3 Å². The van der Waals surface area contributed by atoms with Gasteiger partial charge in [-0.25, -0.2) is 18.1 Å². The molecule has 4 heterocycles. The van der Waals surface area contributed by atoms with Gasteiger partial charge in [0.2, 0.25) is 0 Å². The minimum absolute atomic E-state index is 0.0660. The van der Waals surface area contributed by atoms with E-state index in [1.165, 1.54) is 24.4 Å². The first-order valence-corrected chi connectivity index (χ1v) is 21.0. The first-order valence-electron chi connectivity index (χ1n) is 19.2. The summed E-state index contributed by atoms with van der Waals surface area (Å²) in [5, 5.41) is 16.8. The fourth-order valence-corrected chi connectivity index (χ4v) is 9.05. The van der Waals surface area contributed by atoms with E-state index >= 15 is 0 Å². The molecule has 8 rings (SSSR count). The summed E-state index contributed by atoms with van der Waals surface area (Å²) in [5.74, 6) is -0.220. The number of nitrogens with one attached hydrogen (secondary N) is 3. The number of H-pyrrole nitrogens is 1. The number of fused-ring (bicyclic) bond motifs is 1. The van der Waals surface area contributed by atoms with Gasteiger partial charge in [0.15, 0.2) is 0 Å². The zero-order valence-corrected chi connectivity index (χ0v) is 33.3. The van der Waals surface area contributed by atoms with Crippen molar-refractivity contribution in [1.82, 2.24) is 19.6 Å². The first-order chi connectivity index (χ1) is 28.0. The summed E-state index contributed by atoms with van der Waals surface area (Å²) in [4.78, 5) is 36.9. The molecule has 2 saturated heterocycles. The number of rotatable bonds is 12. The number of nitro groups is 1. The van der Waals surface area contributed by atoms with Crippen molar-refractivity contribution in [3.05, 3.63) is 136 Å². The van der Waals surface area contributed by atoms with E-state index in [0.717, 1.165) is 84.2 Å². The Hall–Kier alpha value is -5.96. The molecule has 15 heteroatoms. The Balaban J connectivity index is 1.05. The molecule has 3 N–H and O–H groups in total. The summed E-state index contributed by atoms with van der Waals surface area (Å²) in [6.07, 6.45) is 7.20. The average molecular weight is 820 g/mol. The number of aromatic amines is 1. The van der Waals surface area contributed by atoms with Crippen LogP contribution in [0.4, 0.5) is 17.1 Å². The van der Waals surface area contributed by atoms with Crippen molar-refractivity contribution in [1.29, 1.82) is 0 Å². The predicted molar refractivity (Wildman–Crippen MR) is 225 cm³/mol. The first kappa shape index (κ1) is 38.9. The van der Waals surface area contributed by atoms with Gasteiger partial charge in [-0.15, -0.1) is 0 Å². The number of pyridine rings is 1. The second-order valence-electron chi connectivity index (χ2n) is 14.8. The van der Waals surface area contributed by atoms with Crippen molar-refractivity contribution in [2.24, 2.45) is 5.92 Å². The van der Waals surface area contributed by atoms with E-state index in [-0.39, 0.29) is 23.0 Å². The number of likely N-dealkylation sites (tertiary alicyclic amines) is 1. The van der Waals surface area contributed by atoms with E-state index in [9.17, 15) is 23.3 Å². The molecule has 0 aliphatic carbocycles. The highest BCUT2D eigenvalue weighted by atomic mass is 35.5. The Kier molecular flexibility index (Phi) is 11.1. The molecule has 2 fully saturated rings. The minimum Gasteiger partial charge on any atom is -0.455 e. The number of benzene rings is 4. The molecule has 6 aromatic rings. The fraction of sp³-hybridized carbons (Fsp3) is 0.256. The lowest BCUT2D eigenvalue weighted by atomic mass is 9.97. The summed E-state index contributed by atoms with van der Waals surface area (Å²) in [7, 11) is -2.50. The van der Waals surface area contributed by atoms with Crippen LogP contribution >= 0.6 is 11.6 Å². The van der Waals surface area contributed by atoms with Gasteiger partial charge in [0.05, 0.1) is 27.6 Å². The summed E-state index contributed by atoms with van der Waals surface area (Å²) in [5.41, 5.74) is 4.11. The largest absolute Gasteiger partial charge is 0.455 e. The molecule has 13 nitrogen and oxygen atoms in total. The van der Waals surface area contributed by atoms with Crippen LogP contribution in [-0.4, -0.2) is 67.3 Å². The maximum absolute atomic E-state index is 13.9. The zero-order valence-electron chi connectivity index (χ0n) is 31.7. The molecule has 0 spiro atoms. The number of hydrogen-bond acceptors (Lipinski definition) is 10. The SMILES string of the molecule is CN1CCC(CNc2ccc(S(=O)(=O)NC(=O)c3ccc(-c4ccc(N5CCCC5c5ccccc5Cl)cc4)cc3Oc3cnc4[nH]ccc4c3)cc2[N+](=O)[O-])CC1. The molecule has 1 unspecified atom stereocenters. The third-order valence-electron chi connectivity index (χ3n) is 11.0. The highest BCUT2D eigenvalue weighted by Crippen LogP contribution is 2.40. The average Bonchev–Trinajstić information content (AvgIpc) is 3.91. The van der Waals surface area contributed by atoms with Gasteiger partial charge in [0, 0.05) is 41.4 Å². The van der Waals surface area contributed by atoms with Crippen LogP contribution in [-0.2, 0) is 10.0 Å². The number of nitro benzene ring substituents is 1. The monoisotopic (exact) mass is 819 g/mol. The smallest absolute Gasteiger partial charge is 0.293 e. The number of carbonyl (C=O) groups is 1. The quantitative estimate of drug-likeness (QED) is 0.0804. The van der Waals surface area contributed by atoms with E-state index in [0.29, 0.717) is 23.9 Å². The van der Waals surface area contributed by atoms with E-state index in [1.54, 1.807) is 24.4 Å². The van der Waals surface area contributed by atoms with Crippen molar-refractivity contribution in [3.63, 3.8) is 0 Å². The Morgan fingerprint density at radius 3 is 2.52 bits per heavy atom. The normalized spacial score (nSPS) is 16.4. The number of carbonyl (C=O) groups excluding carboxylic acids is 1. The van der Waals surface area contributed by atoms with Gasteiger partial charge in [0.1, 0.15) is 22.8 Å². The standard InChI is InChI=1S/C43H42ClN7O6S/c1-49-21-17-28(18-22-49)26-46-38-15-13-34(25-40(38)51(53)54)58(55,56)48-43(52)36-14-10-30(24-41(36)57-33-23-31-16-19-45-42(31)47-27-33)29-8-11-32(12-9-29)50-20-4-7-39(50)35-5-2-3-6-37(35)44/h2-3,5-6,8-16,19,23-25,27-28,39,46H,4,7,17-18,20-22,26H2,1H3,(H,45,47)(H,48,52). The summed E-state index contributed by atoms with van der Waals surface area (Å²) < 4.78 is 35.7. The number of anilines is 2. The van der Waals surface area contributed by atoms with Crippen LogP contribution < -0.4 is 19.7 Å². The third-order valence-corrected chi connectivity index (χ3v) is 12.7. The van der Waals surface area contributed by atoms with E-state index in [1.807, 2.05) is 36.4 Å². The van der Waals surface area contributed by atoms with Gasteiger partial charge in [-0.2, -0.15) is 0 Å². The Labute approximate surface area is 341 Å². The van der Waals surface area contributed by atoms with Gasteiger partial charge in [0.25, 0.3) is 21.6 Å². The van der Waals surface area contributed by atoms with Gasteiger partial charge in [-0.05, 0) is 123 Å². The summed E-state index contributed by atoms with van der Waals surface area (Å²) >= 11 is 6.59. The maximum Gasteiger partial charge on any atom is 0.293 e. The Morgan fingerprint density at radius 2 is 1.74 bits per heavy atom. The highest BCUT2D eigenvalue weighted by molar-refractivity contribution is 7.90. The molecule has 4 aromatic carbocycles. The zero-order chi connectivity index (χ0) is 40.4. The maximum atomic E-state index is 13.9. The second kappa shape index (κ2) is 16.5. The number of aromatic nitrogens is 2. The lowest BCUT2D eigenvalue weighted by molar-refractivity contribution is -0.384. The van der Waals surface area contributed by atoms with Gasteiger partial charge in [-0.3, -0.25) is 14.9 Å². The molecule has 2 aliphatic rings. The van der Waals surface area contributed by atoms with Crippen LogP contribution in [0.2, 0.25) is 5.02 Å². The molecule has 0 saturated carbocycles. The number of sulfonamides is 1. The Bertz CT molecular complexity index is 2590. The van der Waals surface area contributed by atoms with Gasteiger partial charge in [-0.1, -0.05) is 48.0 Å². The molecule has 2 aliphatic heterocycles. The number of halogens is 1. The molecule has 1 amide bonds. The van der Waals surface area contributed by atoms with Crippen LogP contribution in [0.5, 0.6) is 11.5 Å². The van der Waals surface area contributed by atoms with Crippen LogP contribution in [0, 0.1) is 16.0 Å². The Morgan fingerprint density at radius 1 is 0.966 bits per heavy atom. The van der Waals surface area contributed by atoms with Crippen molar-refractivity contribution in [2.45, 2.75) is 36.6 Å². The molecule has 0 bridgehead atoms. The van der Waals surface area contributed by atoms with Gasteiger partial charge < -0.3 is 24.8 Å². The predicted octanol–water partition coefficient (Wildman–Crippen LogP) is 8.80. The van der Waals surface area contributed by atoms with Crippen molar-refractivity contribution in [3.8, 4) is 22.6 Å². The number of piperidine rings is 1. The van der Waals surface area contributed by atoms with Crippen LogP contribution in [0.15, 0.2) is 114 Å². The third kappa shape index (κ3) is 8.35. The van der Waals surface area contributed by atoms with Crippen molar-refractivity contribution in [2.75, 3.05) is 43.4 Å². The summed E-state index contributed by atoms with van der Waals surface area (Å²) in [6.45, 7) is 3.30. The van der Waals surface area contributed by atoms with Crippen LogP contribution in [0.25, 0.3) is 22.2 Å². The molecule has 298 valence electrons.